The molecule has 0 bridgehead atoms. The number of hydrogen-bond acceptors (Lipinski definition) is 4. The minimum atomic E-state index is -0.315. The molecule has 2 N–H and O–H groups in total. The Morgan fingerprint density at radius 3 is 1.81 bits per heavy atom. The predicted molar refractivity (Wildman–Crippen MR) is 67.4 cm³/mol. The second-order valence-corrected chi connectivity index (χ2v) is 5.78. The molecule has 0 saturated heterocycles. The number of rotatable bonds is 6. The van der Waals surface area contributed by atoms with Crippen LogP contribution in [0.2, 0.25) is 0 Å². The van der Waals surface area contributed by atoms with Gasteiger partial charge in [0.25, 0.3) is 0 Å². The van der Waals surface area contributed by atoms with Crippen LogP contribution in [0.4, 0.5) is 0 Å². The fourth-order valence-corrected chi connectivity index (χ4v) is 1.93. The smallest absolute Gasteiger partial charge is 0.176 e. The summed E-state index contributed by atoms with van der Waals surface area (Å²) in [5, 5.41) is 0. The third kappa shape index (κ3) is 4.01. The van der Waals surface area contributed by atoms with Crippen molar-refractivity contribution >= 4 is 0 Å². The summed E-state index contributed by atoms with van der Waals surface area (Å²) in [5.41, 5.74) is 5.79. The lowest BCUT2D eigenvalue weighted by molar-refractivity contribution is -0.180. The van der Waals surface area contributed by atoms with Gasteiger partial charge in [0.05, 0.1) is 5.54 Å². The Kier molecular flexibility index (Phi) is 5.90. The van der Waals surface area contributed by atoms with Gasteiger partial charge >= 0.3 is 0 Å². The van der Waals surface area contributed by atoms with E-state index in [4.69, 9.17) is 15.2 Å². The van der Waals surface area contributed by atoms with Crippen LogP contribution in [-0.2, 0) is 9.47 Å². The second-order valence-electron chi connectivity index (χ2n) is 5.78. The van der Waals surface area contributed by atoms with E-state index in [0.29, 0.717) is 6.54 Å². The van der Waals surface area contributed by atoms with Crippen LogP contribution in [0.1, 0.15) is 27.7 Å². The summed E-state index contributed by atoms with van der Waals surface area (Å²) < 4.78 is 10.7. The summed E-state index contributed by atoms with van der Waals surface area (Å²) in [6, 6.07) is 0. The fraction of sp³-hybridized carbons (Fsp3) is 1.00. The lowest BCUT2D eigenvalue weighted by Crippen LogP contribution is -2.60. The van der Waals surface area contributed by atoms with Crippen molar-refractivity contribution in [2.45, 2.75) is 39.5 Å². The van der Waals surface area contributed by atoms with E-state index in [2.05, 4.69) is 39.6 Å². The average molecular weight is 232 g/mol. The maximum Gasteiger partial charge on any atom is 0.176 e. The second kappa shape index (κ2) is 5.96. The van der Waals surface area contributed by atoms with Crippen molar-refractivity contribution in [3.8, 4) is 0 Å². The predicted octanol–water partition coefficient (Wildman–Crippen LogP) is 1.30. The van der Waals surface area contributed by atoms with E-state index in [1.807, 2.05) is 0 Å². The van der Waals surface area contributed by atoms with Crippen molar-refractivity contribution in [3.05, 3.63) is 0 Å². The zero-order chi connectivity index (χ0) is 13.0. The topological polar surface area (TPSA) is 47.7 Å². The molecule has 0 aliphatic heterocycles. The van der Waals surface area contributed by atoms with E-state index in [1.54, 1.807) is 14.2 Å². The zero-order valence-electron chi connectivity index (χ0n) is 11.8. The van der Waals surface area contributed by atoms with Crippen LogP contribution >= 0.6 is 0 Å². The molecule has 16 heavy (non-hydrogen) atoms. The summed E-state index contributed by atoms with van der Waals surface area (Å²) in [6.45, 7) is 10.1. The van der Waals surface area contributed by atoms with Crippen LogP contribution in [0.15, 0.2) is 0 Å². The van der Waals surface area contributed by atoms with Crippen molar-refractivity contribution in [3.63, 3.8) is 0 Å². The Morgan fingerprint density at radius 1 is 1.12 bits per heavy atom. The van der Waals surface area contributed by atoms with Crippen LogP contribution in [0.3, 0.4) is 0 Å². The Labute approximate surface area is 100 Å². The van der Waals surface area contributed by atoms with Crippen LogP contribution in [0.5, 0.6) is 0 Å². The molecular formula is C12H28N2O2. The van der Waals surface area contributed by atoms with E-state index < -0.39 is 0 Å². The first-order valence-electron chi connectivity index (χ1n) is 5.68. The van der Waals surface area contributed by atoms with Crippen molar-refractivity contribution in [1.82, 2.24) is 4.90 Å². The molecule has 0 fully saturated rings. The highest BCUT2D eigenvalue weighted by Crippen LogP contribution is 2.24. The molecule has 0 spiro atoms. The van der Waals surface area contributed by atoms with E-state index in [0.717, 1.165) is 6.54 Å². The molecule has 0 heterocycles. The molecule has 0 radical (unpaired) electrons. The summed E-state index contributed by atoms with van der Waals surface area (Å²) in [5.74, 6) is 0. The maximum absolute atomic E-state index is 5.88. The summed E-state index contributed by atoms with van der Waals surface area (Å²) in [4.78, 5) is 2.21. The fourth-order valence-electron chi connectivity index (χ4n) is 1.93. The van der Waals surface area contributed by atoms with E-state index >= 15 is 0 Å². The van der Waals surface area contributed by atoms with Gasteiger partial charge in [-0.05, 0) is 19.4 Å². The number of nitrogens with zero attached hydrogens (tertiary/aromatic N) is 1. The van der Waals surface area contributed by atoms with Crippen LogP contribution in [0, 0.1) is 5.41 Å². The van der Waals surface area contributed by atoms with Crippen LogP contribution in [0.25, 0.3) is 0 Å². The third-order valence-electron chi connectivity index (χ3n) is 2.93. The van der Waals surface area contributed by atoms with E-state index in [9.17, 15) is 0 Å². The van der Waals surface area contributed by atoms with Gasteiger partial charge in [0.15, 0.2) is 6.29 Å². The first-order chi connectivity index (χ1) is 7.21. The largest absolute Gasteiger partial charge is 0.354 e. The molecule has 0 saturated carbocycles. The molecule has 0 aliphatic carbocycles. The number of methoxy groups -OCH3 is 2. The highest BCUT2D eigenvalue weighted by molar-refractivity contribution is 4.90. The molecule has 0 aromatic heterocycles. The molecule has 4 nitrogen and oxygen atoms in total. The lowest BCUT2D eigenvalue weighted by atomic mass is 9.91. The molecule has 1 unspecified atom stereocenters. The molecule has 0 aliphatic rings. The highest BCUT2D eigenvalue weighted by atomic mass is 16.7. The van der Waals surface area contributed by atoms with Crippen LogP contribution < -0.4 is 5.73 Å². The highest BCUT2D eigenvalue weighted by Gasteiger charge is 2.38. The molecule has 1 atom stereocenters. The number of nitrogens with two attached hydrogens (primary N) is 1. The van der Waals surface area contributed by atoms with Crippen molar-refractivity contribution in [2.75, 3.05) is 34.4 Å². The Morgan fingerprint density at radius 2 is 1.56 bits per heavy atom. The lowest BCUT2D eigenvalue weighted by Gasteiger charge is -2.44. The molecule has 0 aromatic carbocycles. The monoisotopic (exact) mass is 232 g/mol. The number of likely N-dealkylation sites (N-methyl/N-ethyl adjacent to an activating group) is 1. The van der Waals surface area contributed by atoms with Crippen molar-refractivity contribution in [1.29, 1.82) is 0 Å². The Balaban J connectivity index is 4.80. The van der Waals surface area contributed by atoms with Crippen LogP contribution in [-0.4, -0.2) is 51.1 Å². The van der Waals surface area contributed by atoms with Gasteiger partial charge in [-0.2, -0.15) is 0 Å². The molecular weight excluding hydrogens is 204 g/mol. The van der Waals surface area contributed by atoms with Gasteiger partial charge in [-0.25, -0.2) is 0 Å². The first-order valence-corrected chi connectivity index (χ1v) is 5.68. The minimum absolute atomic E-state index is 0.219. The van der Waals surface area contributed by atoms with Crippen molar-refractivity contribution < 1.29 is 9.47 Å². The van der Waals surface area contributed by atoms with Gasteiger partial charge in [0.2, 0.25) is 0 Å². The zero-order valence-corrected chi connectivity index (χ0v) is 11.8. The summed E-state index contributed by atoms with van der Waals surface area (Å²) >= 11 is 0. The van der Waals surface area contributed by atoms with Gasteiger partial charge in [-0.15, -0.1) is 0 Å². The number of hydrogen-bond donors (Lipinski definition) is 1. The molecule has 0 rings (SSSR count). The first kappa shape index (κ1) is 15.8. The van der Waals surface area contributed by atoms with E-state index in [1.165, 1.54) is 0 Å². The number of ether oxygens (including phenoxy) is 2. The Bertz CT molecular complexity index is 200. The maximum atomic E-state index is 5.88. The Hall–Kier alpha value is -0.160. The molecule has 4 heteroatoms. The normalized spacial score (nSPS) is 16.9. The quantitative estimate of drug-likeness (QED) is 0.701. The van der Waals surface area contributed by atoms with Gasteiger partial charge < -0.3 is 15.2 Å². The van der Waals surface area contributed by atoms with Gasteiger partial charge in [-0.3, -0.25) is 4.90 Å². The molecule has 98 valence electrons. The SMILES string of the molecule is COC(OC)C(C)(CN)N(C)CC(C)(C)C. The van der Waals surface area contributed by atoms with Gasteiger partial charge in [0, 0.05) is 27.3 Å². The molecule has 0 amide bonds. The third-order valence-corrected chi connectivity index (χ3v) is 2.93. The van der Waals surface area contributed by atoms with Crippen molar-refractivity contribution in [2.24, 2.45) is 11.1 Å². The van der Waals surface area contributed by atoms with Gasteiger partial charge in [0.1, 0.15) is 0 Å². The molecule has 0 aromatic rings. The standard InChI is InChI=1S/C12H28N2O2/c1-11(2,3)9-14(5)12(4,8-13)10(15-6)16-7/h10H,8-9,13H2,1-7H3. The summed E-state index contributed by atoms with van der Waals surface area (Å²) in [7, 11) is 5.35. The van der Waals surface area contributed by atoms with E-state index in [-0.39, 0.29) is 17.2 Å². The average Bonchev–Trinajstić information content (AvgIpc) is 2.16. The minimum Gasteiger partial charge on any atom is -0.354 e. The van der Waals surface area contributed by atoms with Gasteiger partial charge in [-0.1, -0.05) is 20.8 Å². The summed E-state index contributed by atoms with van der Waals surface area (Å²) in [6.07, 6.45) is -0.315.